The Morgan fingerprint density at radius 3 is 2.41 bits per heavy atom. The van der Waals surface area contributed by atoms with Gasteiger partial charge in [0.2, 0.25) is 5.76 Å². The van der Waals surface area contributed by atoms with Crippen molar-refractivity contribution in [1.29, 1.82) is 0 Å². The van der Waals surface area contributed by atoms with Crippen molar-refractivity contribution < 1.29 is 14.1 Å². The van der Waals surface area contributed by atoms with Crippen LogP contribution < -0.4 is 16.0 Å². The van der Waals surface area contributed by atoms with Gasteiger partial charge in [0, 0.05) is 42.8 Å². The maximum Gasteiger partial charge on any atom is 0.319 e. The van der Waals surface area contributed by atoms with Crippen molar-refractivity contribution in [2.75, 3.05) is 5.32 Å². The molecule has 3 N–H and O–H groups in total. The molecule has 0 bridgehead atoms. The summed E-state index contributed by atoms with van der Waals surface area (Å²) in [6.45, 7) is 0.667. The second-order valence-corrected chi connectivity index (χ2v) is 6.99. The first-order chi connectivity index (χ1) is 15.7. The smallest absolute Gasteiger partial charge is 0.319 e. The van der Waals surface area contributed by atoms with E-state index in [-0.39, 0.29) is 24.2 Å². The fraction of sp³-hybridized carbons (Fsp3) is 0.0833. The highest BCUT2D eigenvalue weighted by atomic mass is 16.5. The highest BCUT2D eigenvalue weighted by Crippen LogP contribution is 2.18. The Morgan fingerprint density at radius 1 is 0.812 bits per heavy atom. The van der Waals surface area contributed by atoms with Crippen molar-refractivity contribution in [3.63, 3.8) is 0 Å². The van der Waals surface area contributed by atoms with Gasteiger partial charge in [0.25, 0.3) is 5.91 Å². The van der Waals surface area contributed by atoms with Crippen LogP contribution in [0.1, 0.15) is 21.7 Å². The van der Waals surface area contributed by atoms with E-state index in [4.69, 9.17) is 4.52 Å². The lowest BCUT2D eigenvalue weighted by Crippen LogP contribution is -2.28. The molecule has 2 aromatic heterocycles. The zero-order valence-corrected chi connectivity index (χ0v) is 17.1. The minimum atomic E-state index is -0.367. The normalized spacial score (nSPS) is 10.4. The van der Waals surface area contributed by atoms with Crippen LogP contribution in [-0.4, -0.2) is 22.1 Å². The first kappa shape index (κ1) is 20.8. The number of benzene rings is 2. The van der Waals surface area contributed by atoms with Crippen LogP contribution in [0.3, 0.4) is 0 Å². The van der Waals surface area contributed by atoms with Gasteiger partial charge >= 0.3 is 6.03 Å². The van der Waals surface area contributed by atoms with Crippen LogP contribution in [0, 0.1) is 0 Å². The summed E-state index contributed by atoms with van der Waals surface area (Å²) < 4.78 is 5.18. The largest absolute Gasteiger partial charge is 0.350 e. The van der Waals surface area contributed by atoms with Crippen molar-refractivity contribution >= 4 is 17.6 Å². The molecule has 0 aliphatic rings. The van der Waals surface area contributed by atoms with Crippen LogP contribution in [-0.2, 0) is 13.1 Å². The molecule has 0 aliphatic carbocycles. The zero-order valence-electron chi connectivity index (χ0n) is 17.1. The molecule has 32 heavy (non-hydrogen) atoms. The second kappa shape index (κ2) is 10.0. The fourth-order valence-corrected chi connectivity index (χ4v) is 3.01. The van der Waals surface area contributed by atoms with Gasteiger partial charge in [-0.15, -0.1) is 0 Å². The quantitative estimate of drug-likeness (QED) is 0.413. The Kier molecular flexibility index (Phi) is 6.52. The first-order valence-electron chi connectivity index (χ1n) is 10.0. The third-order valence-electron chi connectivity index (χ3n) is 4.64. The van der Waals surface area contributed by atoms with Crippen molar-refractivity contribution in [1.82, 2.24) is 20.8 Å². The summed E-state index contributed by atoms with van der Waals surface area (Å²) in [4.78, 5) is 28.5. The van der Waals surface area contributed by atoms with Gasteiger partial charge in [-0.2, -0.15) is 0 Å². The van der Waals surface area contributed by atoms with E-state index >= 15 is 0 Å². The van der Waals surface area contributed by atoms with Crippen molar-refractivity contribution in [3.8, 4) is 11.3 Å². The summed E-state index contributed by atoms with van der Waals surface area (Å²) in [7, 11) is 0. The van der Waals surface area contributed by atoms with Crippen molar-refractivity contribution in [3.05, 3.63) is 102 Å². The second-order valence-electron chi connectivity index (χ2n) is 6.99. The molecule has 0 fully saturated rings. The zero-order chi connectivity index (χ0) is 22.2. The van der Waals surface area contributed by atoms with Crippen molar-refractivity contribution in [2.24, 2.45) is 0 Å². The van der Waals surface area contributed by atoms with E-state index in [9.17, 15) is 9.59 Å². The monoisotopic (exact) mass is 427 g/mol. The first-order valence-corrected chi connectivity index (χ1v) is 10.0. The third-order valence-corrected chi connectivity index (χ3v) is 4.64. The topological polar surface area (TPSA) is 109 Å². The molecule has 8 nitrogen and oxygen atoms in total. The number of nitrogens with one attached hydrogen (secondary N) is 3. The highest BCUT2D eigenvalue weighted by molar-refractivity contribution is 5.92. The molecule has 0 aliphatic heterocycles. The van der Waals surface area contributed by atoms with Crippen LogP contribution in [0.15, 0.2) is 89.7 Å². The molecule has 160 valence electrons. The van der Waals surface area contributed by atoms with Gasteiger partial charge in [-0.3, -0.25) is 9.78 Å². The average Bonchev–Trinajstić information content (AvgIpc) is 3.33. The number of urea groups is 1. The minimum Gasteiger partial charge on any atom is -0.350 e. The summed E-state index contributed by atoms with van der Waals surface area (Å²) in [6, 6.07) is 21.7. The average molecular weight is 427 g/mol. The van der Waals surface area contributed by atoms with Gasteiger partial charge in [0.15, 0.2) is 0 Å². The molecule has 0 atom stereocenters. The van der Waals surface area contributed by atoms with Crippen LogP contribution in [0.25, 0.3) is 11.3 Å². The maximum atomic E-state index is 12.4. The minimum absolute atomic E-state index is 0.133. The van der Waals surface area contributed by atoms with Crippen LogP contribution in [0.5, 0.6) is 0 Å². The molecular weight excluding hydrogens is 406 g/mol. The number of nitrogens with zero attached hydrogens (tertiary/aromatic N) is 2. The number of anilines is 1. The maximum absolute atomic E-state index is 12.4. The van der Waals surface area contributed by atoms with E-state index in [0.717, 1.165) is 16.7 Å². The Balaban J connectivity index is 1.29. The van der Waals surface area contributed by atoms with E-state index in [2.05, 4.69) is 26.1 Å². The standard InChI is InChI=1S/C24H21N5O3/c30-23(22-14-21(29-32-22)19-6-2-1-3-7-19)26-16-18-5-4-8-20(13-18)28-24(31)27-15-17-9-11-25-12-10-17/h1-14H,15-16H2,(H,26,30)(H2,27,28,31). The SMILES string of the molecule is O=C(NCc1ccncc1)Nc1cccc(CNC(=O)c2cc(-c3ccccc3)no2)c1. The Bertz CT molecular complexity index is 1190. The summed E-state index contributed by atoms with van der Waals surface area (Å²) in [5.74, 6) is -0.234. The molecule has 0 radical (unpaired) electrons. The molecule has 4 aromatic rings. The van der Waals surface area contributed by atoms with E-state index in [0.29, 0.717) is 17.9 Å². The Labute approximate surface area is 184 Å². The molecule has 0 saturated carbocycles. The summed E-state index contributed by atoms with van der Waals surface area (Å²) in [5.41, 5.74) is 3.87. The van der Waals surface area contributed by atoms with Gasteiger partial charge in [-0.05, 0) is 35.4 Å². The number of carbonyl (C=O) groups excluding carboxylic acids is 2. The predicted molar refractivity (Wildman–Crippen MR) is 120 cm³/mol. The van der Waals surface area contributed by atoms with Gasteiger partial charge in [0.1, 0.15) is 5.69 Å². The molecule has 2 aromatic carbocycles. The number of pyridine rings is 1. The summed E-state index contributed by atoms with van der Waals surface area (Å²) in [5, 5.41) is 12.3. The van der Waals surface area contributed by atoms with E-state index in [1.807, 2.05) is 54.6 Å². The number of carbonyl (C=O) groups is 2. The fourth-order valence-electron chi connectivity index (χ4n) is 3.01. The molecular formula is C24H21N5O3. The van der Waals surface area contributed by atoms with Gasteiger partial charge < -0.3 is 20.5 Å². The number of hydrogen-bond acceptors (Lipinski definition) is 5. The van der Waals surface area contributed by atoms with Crippen molar-refractivity contribution in [2.45, 2.75) is 13.1 Å². The number of rotatable bonds is 7. The van der Waals surface area contributed by atoms with E-state index < -0.39 is 0 Å². The molecule has 3 amide bonds. The van der Waals surface area contributed by atoms with E-state index in [1.54, 1.807) is 30.6 Å². The predicted octanol–water partition coefficient (Wildman–Crippen LogP) is 3.99. The molecule has 0 spiro atoms. The van der Waals surface area contributed by atoms with Gasteiger partial charge in [0.05, 0.1) is 0 Å². The lowest BCUT2D eigenvalue weighted by molar-refractivity contribution is 0.0914. The number of aromatic nitrogens is 2. The lowest BCUT2D eigenvalue weighted by atomic mass is 10.1. The highest BCUT2D eigenvalue weighted by Gasteiger charge is 2.14. The molecule has 2 heterocycles. The number of amides is 3. The molecule has 0 unspecified atom stereocenters. The number of hydrogen-bond donors (Lipinski definition) is 3. The molecule has 8 heteroatoms. The molecule has 0 saturated heterocycles. The lowest BCUT2D eigenvalue weighted by Gasteiger charge is -2.09. The third kappa shape index (κ3) is 5.57. The van der Waals surface area contributed by atoms with Crippen LogP contribution in [0.4, 0.5) is 10.5 Å². The van der Waals surface area contributed by atoms with Gasteiger partial charge in [-0.1, -0.05) is 47.6 Å². The van der Waals surface area contributed by atoms with Crippen LogP contribution >= 0.6 is 0 Å². The van der Waals surface area contributed by atoms with Gasteiger partial charge in [-0.25, -0.2) is 4.79 Å². The van der Waals surface area contributed by atoms with Crippen LogP contribution in [0.2, 0.25) is 0 Å². The van der Waals surface area contributed by atoms with E-state index in [1.165, 1.54) is 0 Å². The Hall–Kier alpha value is -4.46. The summed E-state index contributed by atoms with van der Waals surface area (Å²) >= 11 is 0. The summed E-state index contributed by atoms with van der Waals surface area (Å²) in [6.07, 6.45) is 3.35. The molecule has 4 rings (SSSR count). The Morgan fingerprint density at radius 2 is 1.59 bits per heavy atom.